The Morgan fingerprint density at radius 3 is 3.00 bits per heavy atom. The van der Waals surface area contributed by atoms with Crippen molar-refractivity contribution in [2.75, 3.05) is 17.7 Å². The summed E-state index contributed by atoms with van der Waals surface area (Å²) in [4.78, 5) is 10.1. The number of nitrogens with two attached hydrogens (primary N) is 1. The normalized spacial score (nSPS) is 10.4. The van der Waals surface area contributed by atoms with Crippen LogP contribution in [0.3, 0.4) is 0 Å². The molecule has 2 heterocycles. The number of hydrogen-bond donors (Lipinski definition) is 1. The van der Waals surface area contributed by atoms with E-state index in [1.54, 1.807) is 12.5 Å². The van der Waals surface area contributed by atoms with Crippen LogP contribution in [0.1, 0.15) is 11.3 Å². The number of nitrogens with zero attached hydrogens (tertiary/aromatic N) is 3. The van der Waals surface area contributed by atoms with Gasteiger partial charge in [-0.15, -0.1) is 0 Å². The maximum atomic E-state index is 5.57. The van der Waals surface area contributed by atoms with Crippen LogP contribution in [0, 0.1) is 6.92 Å². The van der Waals surface area contributed by atoms with Gasteiger partial charge in [0, 0.05) is 18.8 Å². The van der Waals surface area contributed by atoms with Crippen molar-refractivity contribution in [2.24, 2.45) is 0 Å². The molecular formula is C11H14N4O. The number of aryl methyl sites for hydroxylation is 1. The minimum Gasteiger partial charge on any atom is -0.467 e. The fourth-order valence-electron chi connectivity index (χ4n) is 1.54. The smallest absolute Gasteiger partial charge is 0.221 e. The van der Waals surface area contributed by atoms with Crippen molar-refractivity contribution in [2.45, 2.75) is 13.5 Å². The van der Waals surface area contributed by atoms with Crippen LogP contribution in [-0.4, -0.2) is 17.0 Å². The number of aromatic nitrogens is 2. The lowest BCUT2D eigenvalue weighted by Gasteiger charge is -2.18. The van der Waals surface area contributed by atoms with Crippen molar-refractivity contribution in [1.29, 1.82) is 0 Å². The third-order valence-electron chi connectivity index (χ3n) is 2.30. The highest BCUT2D eigenvalue weighted by Gasteiger charge is 2.09. The van der Waals surface area contributed by atoms with E-state index in [1.165, 1.54) is 0 Å². The van der Waals surface area contributed by atoms with E-state index in [9.17, 15) is 0 Å². The molecular weight excluding hydrogens is 204 g/mol. The summed E-state index contributed by atoms with van der Waals surface area (Å²) < 4.78 is 5.28. The highest BCUT2D eigenvalue weighted by Crippen LogP contribution is 2.17. The van der Waals surface area contributed by atoms with Gasteiger partial charge in [-0.25, -0.2) is 4.98 Å². The molecule has 2 N–H and O–H groups in total. The molecule has 0 unspecified atom stereocenters. The van der Waals surface area contributed by atoms with Gasteiger partial charge in [-0.2, -0.15) is 4.98 Å². The fraction of sp³-hybridized carbons (Fsp3) is 0.273. The third-order valence-corrected chi connectivity index (χ3v) is 2.30. The van der Waals surface area contributed by atoms with Crippen molar-refractivity contribution in [3.05, 3.63) is 35.9 Å². The minimum absolute atomic E-state index is 0.284. The van der Waals surface area contributed by atoms with Gasteiger partial charge in [-0.05, 0) is 19.1 Å². The topological polar surface area (TPSA) is 68.2 Å². The van der Waals surface area contributed by atoms with Gasteiger partial charge in [0.05, 0.1) is 12.8 Å². The summed E-state index contributed by atoms with van der Waals surface area (Å²) in [7, 11) is 1.94. The Morgan fingerprint density at radius 2 is 2.31 bits per heavy atom. The second-order valence-corrected chi connectivity index (χ2v) is 3.67. The molecule has 0 aliphatic rings. The average Bonchev–Trinajstić information content (AvgIpc) is 2.74. The SMILES string of the molecule is Cc1cnc(N)nc1N(C)Cc1ccco1. The van der Waals surface area contributed by atoms with Crippen LogP contribution >= 0.6 is 0 Å². The monoisotopic (exact) mass is 218 g/mol. The second kappa shape index (κ2) is 4.22. The van der Waals surface area contributed by atoms with Crippen LogP contribution < -0.4 is 10.6 Å². The maximum absolute atomic E-state index is 5.57. The molecule has 84 valence electrons. The van der Waals surface area contributed by atoms with Gasteiger partial charge in [0.25, 0.3) is 0 Å². The van der Waals surface area contributed by atoms with Crippen LogP contribution in [-0.2, 0) is 6.54 Å². The third kappa shape index (κ3) is 2.13. The van der Waals surface area contributed by atoms with Crippen LogP contribution in [0.15, 0.2) is 29.0 Å². The first-order valence-corrected chi connectivity index (χ1v) is 4.99. The Balaban J connectivity index is 2.20. The highest BCUT2D eigenvalue weighted by molar-refractivity contribution is 5.47. The molecule has 0 spiro atoms. The highest BCUT2D eigenvalue weighted by atomic mass is 16.3. The molecule has 5 nitrogen and oxygen atoms in total. The number of nitrogen functional groups attached to an aromatic ring is 1. The lowest BCUT2D eigenvalue weighted by atomic mass is 10.3. The van der Waals surface area contributed by atoms with E-state index in [0.717, 1.165) is 17.1 Å². The maximum Gasteiger partial charge on any atom is 0.221 e. The predicted molar refractivity (Wildman–Crippen MR) is 62.0 cm³/mol. The molecule has 2 aromatic rings. The largest absolute Gasteiger partial charge is 0.467 e. The molecule has 5 heteroatoms. The number of furan rings is 1. The van der Waals surface area contributed by atoms with Crippen molar-refractivity contribution in [1.82, 2.24) is 9.97 Å². The van der Waals surface area contributed by atoms with Gasteiger partial charge in [0.2, 0.25) is 5.95 Å². The zero-order chi connectivity index (χ0) is 11.5. The summed E-state index contributed by atoms with van der Waals surface area (Å²) in [5.74, 6) is 2.00. The molecule has 2 rings (SSSR count). The molecule has 0 radical (unpaired) electrons. The predicted octanol–water partition coefficient (Wildman–Crippen LogP) is 1.60. The quantitative estimate of drug-likeness (QED) is 0.847. The van der Waals surface area contributed by atoms with E-state index in [2.05, 4.69) is 9.97 Å². The van der Waals surface area contributed by atoms with E-state index in [4.69, 9.17) is 10.2 Å². The Bertz CT molecular complexity index is 467. The van der Waals surface area contributed by atoms with E-state index < -0.39 is 0 Å². The summed E-state index contributed by atoms with van der Waals surface area (Å²) in [5.41, 5.74) is 6.56. The first-order chi connectivity index (χ1) is 7.66. The van der Waals surface area contributed by atoms with Gasteiger partial charge >= 0.3 is 0 Å². The number of hydrogen-bond acceptors (Lipinski definition) is 5. The lowest BCUT2D eigenvalue weighted by molar-refractivity contribution is 0.507. The summed E-state index contributed by atoms with van der Waals surface area (Å²) in [6.07, 6.45) is 3.38. The first-order valence-electron chi connectivity index (χ1n) is 4.99. The zero-order valence-corrected chi connectivity index (χ0v) is 9.34. The molecule has 2 aromatic heterocycles. The summed E-state index contributed by atoms with van der Waals surface area (Å²) >= 11 is 0. The molecule has 0 aliphatic heterocycles. The zero-order valence-electron chi connectivity index (χ0n) is 9.34. The molecule has 0 aliphatic carbocycles. The van der Waals surface area contributed by atoms with Gasteiger partial charge in [-0.3, -0.25) is 0 Å². The summed E-state index contributed by atoms with van der Waals surface area (Å²) in [6, 6.07) is 3.79. The number of rotatable bonds is 3. The van der Waals surface area contributed by atoms with E-state index >= 15 is 0 Å². The summed E-state index contributed by atoms with van der Waals surface area (Å²) in [5, 5.41) is 0. The first kappa shape index (κ1) is 10.5. The molecule has 0 amide bonds. The molecule has 0 aromatic carbocycles. The minimum atomic E-state index is 0.284. The average molecular weight is 218 g/mol. The van der Waals surface area contributed by atoms with E-state index in [0.29, 0.717) is 6.54 Å². The standard InChI is InChI=1S/C11H14N4O/c1-8-6-13-11(12)14-10(8)15(2)7-9-4-3-5-16-9/h3-6H,7H2,1-2H3,(H2,12,13,14). The van der Waals surface area contributed by atoms with Crippen LogP contribution in [0.25, 0.3) is 0 Å². The second-order valence-electron chi connectivity index (χ2n) is 3.67. The molecule has 0 saturated carbocycles. The molecule has 0 saturated heterocycles. The molecule has 0 atom stereocenters. The van der Waals surface area contributed by atoms with Crippen molar-refractivity contribution >= 4 is 11.8 Å². The van der Waals surface area contributed by atoms with Crippen molar-refractivity contribution in [3.8, 4) is 0 Å². The van der Waals surface area contributed by atoms with Crippen molar-refractivity contribution < 1.29 is 4.42 Å². The fourth-order valence-corrected chi connectivity index (χ4v) is 1.54. The Morgan fingerprint density at radius 1 is 1.50 bits per heavy atom. The van der Waals surface area contributed by atoms with Gasteiger partial charge in [0.1, 0.15) is 11.6 Å². The molecule has 0 fully saturated rings. The lowest BCUT2D eigenvalue weighted by Crippen LogP contribution is -2.19. The Labute approximate surface area is 93.9 Å². The molecule has 16 heavy (non-hydrogen) atoms. The Hall–Kier alpha value is -2.04. The van der Waals surface area contributed by atoms with Gasteiger partial charge in [0.15, 0.2) is 0 Å². The van der Waals surface area contributed by atoms with E-state index in [-0.39, 0.29) is 5.95 Å². The number of anilines is 2. The van der Waals surface area contributed by atoms with Crippen LogP contribution in [0.5, 0.6) is 0 Å². The van der Waals surface area contributed by atoms with Crippen molar-refractivity contribution in [3.63, 3.8) is 0 Å². The summed E-state index contributed by atoms with van der Waals surface area (Å²) in [6.45, 7) is 2.61. The Kier molecular flexibility index (Phi) is 2.76. The van der Waals surface area contributed by atoms with E-state index in [1.807, 2.05) is 31.0 Å². The van der Waals surface area contributed by atoms with Gasteiger partial charge in [-0.1, -0.05) is 0 Å². The van der Waals surface area contributed by atoms with Crippen LogP contribution in [0.4, 0.5) is 11.8 Å². The molecule has 0 bridgehead atoms. The van der Waals surface area contributed by atoms with Gasteiger partial charge < -0.3 is 15.1 Å². The van der Waals surface area contributed by atoms with Crippen LogP contribution in [0.2, 0.25) is 0 Å².